The summed E-state index contributed by atoms with van der Waals surface area (Å²) in [6, 6.07) is 0. The van der Waals surface area contributed by atoms with Crippen molar-refractivity contribution in [2.24, 2.45) is 11.8 Å². The number of nitrogens with zero attached hydrogens (tertiary/aromatic N) is 3. The Labute approximate surface area is 167 Å². The first-order valence-electron chi connectivity index (χ1n) is 8.67. The smallest absolute Gasteiger partial charge is 0.201 e. The van der Waals surface area contributed by atoms with Crippen LogP contribution in [0.5, 0.6) is 0 Å². The second-order valence-corrected chi connectivity index (χ2v) is 10.2. The Hall–Kier alpha value is -1.06. The molecule has 0 heterocycles. The van der Waals surface area contributed by atoms with Crippen LogP contribution in [0.3, 0.4) is 0 Å². The topological polar surface area (TPSA) is 60.9 Å². The second kappa shape index (κ2) is 8.31. The summed E-state index contributed by atoms with van der Waals surface area (Å²) in [5.41, 5.74) is 0. The van der Waals surface area contributed by atoms with E-state index in [1.807, 2.05) is 0 Å². The van der Waals surface area contributed by atoms with Crippen molar-refractivity contribution in [2.45, 2.75) is 25.7 Å². The zero-order valence-corrected chi connectivity index (χ0v) is 18.2. The summed E-state index contributed by atoms with van der Waals surface area (Å²) < 4.78 is 25.8. The van der Waals surface area contributed by atoms with Crippen LogP contribution in [0.1, 0.15) is 25.7 Å². The van der Waals surface area contributed by atoms with E-state index in [1.165, 1.54) is 6.20 Å². The van der Waals surface area contributed by atoms with Gasteiger partial charge in [-0.3, -0.25) is 4.79 Å². The van der Waals surface area contributed by atoms with E-state index in [4.69, 9.17) is 24.4 Å². The zero-order chi connectivity index (χ0) is 19.6. The van der Waals surface area contributed by atoms with Gasteiger partial charge in [0.25, 0.3) is 0 Å². The van der Waals surface area contributed by atoms with Crippen molar-refractivity contribution in [3.05, 3.63) is 11.1 Å². The Bertz CT molecular complexity index is 723. The first-order valence-corrected chi connectivity index (χ1v) is 11.1. The molecule has 2 fully saturated rings. The van der Waals surface area contributed by atoms with Crippen LogP contribution in [0.2, 0.25) is 0 Å². The molecule has 0 unspecified atom stereocenters. The lowest BCUT2D eigenvalue weighted by Crippen LogP contribution is -2.37. The third-order valence-corrected chi connectivity index (χ3v) is 7.36. The molecular formula is C17H27N3O3S3. The van der Waals surface area contributed by atoms with Gasteiger partial charge in [0.05, 0.1) is 16.5 Å². The molecule has 2 aliphatic carbocycles. The van der Waals surface area contributed by atoms with Gasteiger partial charge in [0.1, 0.15) is 10.8 Å². The van der Waals surface area contributed by atoms with Gasteiger partial charge in [0.15, 0.2) is 5.78 Å². The number of Topliss-reactive ketones (excluding diaryl/α,β-unsaturated/α-hetero) is 1. The van der Waals surface area contributed by atoms with Crippen LogP contribution in [-0.2, 0) is 14.6 Å². The van der Waals surface area contributed by atoms with Crippen LogP contribution in [0.15, 0.2) is 11.1 Å². The Kier molecular flexibility index (Phi) is 6.79. The number of sulfone groups is 1. The fraction of sp³-hybridized carbons (Fsp3) is 0.706. The highest BCUT2D eigenvalue weighted by atomic mass is 32.2. The van der Waals surface area contributed by atoms with Crippen molar-refractivity contribution >= 4 is 50.0 Å². The number of ketones is 1. The lowest BCUT2D eigenvalue weighted by molar-refractivity contribution is -0.115. The van der Waals surface area contributed by atoms with Gasteiger partial charge in [-0.05, 0) is 25.7 Å². The summed E-state index contributed by atoms with van der Waals surface area (Å²) in [4.78, 5) is 18.8. The number of rotatable bonds is 9. The molecule has 2 saturated carbocycles. The molecule has 0 spiro atoms. The molecule has 146 valence electrons. The molecule has 0 saturated heterocycles. The summed E-state index contributed by atoms with van der Waals surface area (Å²) in [7, 11) is 3.00. The molecule has 6 nitrogen and oxygen atoms in total. The number of thiocarbonyl (C=S) groups is 2. The average Bonchev–Trinajstić information content (AvgIpc) is 3.41. The van der Waals surface area contributed by atoms with Gasteiger partial charge in [-0.25, -0.2) is 8.42 Å². The fourth-order valence-electron chi connectivity index (χ4n) is 2.60. The van der Waals surface area contributed by atoms with Crippen molar-refractivity contribution in [3.8, 4) is 0 Å². The summed E-state index contributed by atoms with van der Waals surface area (Å²) in [6.45, 7) is -0.0367. The minimum atomic E-state index is -3.80. The highest BCUT2D eigenvalue weighted by molar-refractivity contribution is 7.96. The minimum absolute atomic E-state index is 0.0367. The molecule has 0 bridgehead atoms. The second-order valence-electron chi connectivity index (χ2n) is 7.40. The molecule has 0 N–H and O–H groups in total. The molecule has 0 aromatic rings. The summed E-state index contributed by atoms with van der Waals surface area (Å²) in [5, 5.41) is 0. The third kappa shape index (κ3) is 5.72. The van der Waals surface area contributed by atoms with Crippen LogP contribution in [0.4, 0.5) is 0 Å². The summed E-state index contributed by atoms with van der Waals surface area (Å²) in [6.07, 6.45) is 5.47. The Morgan fingerprint density at radius 2 is 1.42 bits per heavy atom. The minimum Gasteiger partial charge on any atom is -0.382 e. The molecular weight excluding hydrogens is 390 g/mol. The number of carbonyl (C=O) groups is 1. The molecule has 2 aliphatic rings. The van der Waals surface area contributed by atoms with Gasteiger partial charge >= 0.3 is 0 Å². The van der Waals surface area contributed by atoms with Crippen molar-refractivity contribution in [1.82, 2.24) is 14.7 Å². The molecule has 0 atom stereocenters. The lowest BCUT2D eigenvalue weighted by atomic mass is 10.3. The molecule has 0 aromatic heterocycles. The van der Waals surface area contributed by atoms with Crippen molar-refractivity contribution in [3.63, 3.8) is 0 Å². The van der Waals surface area contributed by atoms with Crippen LogP contribution in [-0.4, -0.2) is 79.5 Å². The summed E-state index contributed by atoms with van der Waals surface area (Å²) >= 11 is 10.7. The number of hydrogen-bond donors (Lipinski definition) is 0. The molecule has 2 rings (SSSR count). The molecule has 0 radical (unpaired) electrons. The van der Waals surface area contributed by atoms with E-state index in [1.54, 1.807) is 42.9 Å². The van der Waals surface area contributed by atoms with Gasteiger partial charge in [0.2, 0.25) is 9.84 Å². The highest BCUT2D eigenvalue weighted by Crippen LogP contribution is 2.32. The monoisotopic (exact) mass is 417 g/mol. The fourth-order valence-corrected chi connectivity index (χ4v) is 4.86. The Balaban J connectivity index is 2.12. The predicted octanol–water partition coefficient (Wildman–Crippen LogP) is 1.67. The van der Waals surface area contributed by atoms with Crippen molar-refractivity contribution in [2.75, 3.05) is 40.6 Å². The quantitative estimate of drug-likeness (QED) is 0.415. The van der Waals surface area contributed by atoms with E-state index in [9.17, 15) is 13.2 Å². The first-order chi connectivity index (χ1) is 12.0. The lowest BCUT2D eigenvalue weighted by Gasteiger charge is -2.23. The van der Waals surface area contributed by atoms with E-state index < -0.39 is 15.6 Å². The van der Waals surface area contributed by atoms with E-state index in [2.05, 4.69) is 0 Å². The Morgan fingerprint density at radius 1 is 0.962 bits per heavy atom. The van der Waals surface area contributed by atoms with Crippen molar-refractivity contribution < 1.29 is 13.2 Å². The van der Waals surface area contributed by atoms with Crippen LogP contribution in [0, 0.1) is 11.8 Å². The highest BCUT2D eigenvalue weighted by Gasteiger charge is 2.34. The van der Waals surface area contributed by atoms with Crippen LogP contribution >= 0.6 is 24.4 Å². The first kappa shape index (κ1) is 21.2. The number of hydrogen-bond acceptors (Lipinski definition) is 6. The molecule has 0 amide bonds. The van der Waals surface area contributed by atoms with E-state index >= 15 is 0 Å². The average molecular weight is 418 g/mol. The van der Waals surface area contributed by atoms with Gasteiger partial charge in [-0.15, -0.1) is 0 Å². The maximum absolute atomic E-state index is 12.9. The molecule has 26 heavy (non-hydrogen) atoms. The molecule has 9 heteroatoms. The largest absolute Gasteiger partial charge is 0.382 e. The number of carbonyl (C=O) groups excluding carboxylic acids is 1. The van der Waals surface area contributed by atoms with Gasteiger partial charge in [-0.1, -0.05) is 24.4 Å². The maximum Gasteiger partial charge on any atom is 0.201 e. The van der Waals surface area contributed by atoms with Gasteiger partial charge in [-0.2, -0.15) is 0 Å². The van der Waals surface area contributed by atoms with Gasteiger partial charge < -0.3 is 14.7 Å². The molecule has 0 aromatic carbocycles. The maximum atomic E-state index is 12.9. The summed E-state index contributed by atoms with van der Waals surface area (Å²) in [5.74, 6) is -0.0910. The zero-order valence-electron chi connectivity index (χ0n) is 15.8. The van der Waals surface area contributed by atoms with E-state index in [-0.39, 0.29) is 17.3 Å². The Morgan fingerprint density at radius 3 is 1.85 bits per heavy atom. The van der Waals surface area contributed by atoms with E-state index in [0.29, 0.717) is 16.8 Å². The SMILES string of the molecule is CN(C)C=C(C(=O)CN(C)C(=S)C1CC1)S(=O)(=O)CN(C)C(=S)C1CC1. The third-order valence-electron chi connectivity index (χ3n) is 4.34. The standard InChI is InChI=1S/C17H27N3O3S3/c1-18(2)10-15(14(21)9-19(3)16(24)12-5-6-12)26(22,23)11-20(4)17(25)13-7-8-13/h10,12-13H,5-9,11H2,1-4H3. The van der Waals surface area contributed by atoms with Crippen LogP contribution in [0.25, 0.3) is 0 Å². The van der Waals surface area contributed by atoms with Crippen molar-refractivity contribution in [1.29, 1.82) is 0 Å². The van der Waals surface area contributed by atoms with E-state index in [0.717, 1.165) is 30.7 Å². The van der Waals surface area contributed by atoms with Gasteiger partial charge in [0, 0.05) is 46.2 Å². The normalized spacial score (nSPS) is 17.6. The number of likely N-dealkylation sites (N-methyl/N-ethyl adjacent to an activating group) is 1. The predicted molar refractivity (Wildman–Crippen MR) is 112 cm³/mol. The van der Waals surface area contributed by atoms with Crippen LogP contribution < -0.4 is 0 Å². The molecule has 0 aliphatic heterocycles.